The van der Waals surface area contributed by atoms with Gasteiger partial charge in [0, 0.05) is 18.9 Å². The van der Waals surface area contributed by atoms with Gasteiger partial charge in [-0.1, -0.05) is 59.1 Å². The molecule has 0 aliphatic heterocycles. The van der Waals surface area contributed by atoms with Crippen LogP contribution in [0, 0.1) is 6.92 Å². The van der Waals surface area contributed by atoms with Crippen LogP contribution in [0.4, 0.5) is 0 Å². The van der Waals surface area contributed by atoms with Crippen molar-refractivity contribution in [3.8, 4) is 0 Å². The Morgan fingerprint density at radius 2 is 1.65 bits per heavy atom. The Morgan fingerprint density at radius 3 is 2.22 bits per heavy atom. The van der Waals surface area contributed by atoms with Gasteiger partial charge < -0.3 is 4.57 Å². The summed E-state index contributed by atoms with van der Waals surface area (Å²) in [7, 11) is 2.08. The lowest BCUT2D eigenvalue weighted by atomic mass is 10.1. The lowest BCUT2D eigenvalue weighted by Gasteiger charge is -2.03. The van der Waals surface area contributed by atoms with Crippen molar-refractivity contribution in [1.29, 1.82) is 0 Å². The monoisotopic (exact) mass is 313 g/mol. The molecule has 0 bridgehead atoms. The summed E-state index contributed by atoms with van der Waals surface area (Å²) in [6, 6.07) is 6.35. The molecule has 0 fully saturated rings. The van der Waals surface area contributed by atoms with Crippen molar-refractivity contribution in [2.75, 3.05) is 0 Å². The fourth-order valence-corrected chi connectivity index (χ4v) is 2.38. The molecule has 0 saturated carbocycles. The van der Waals surface area contributed by atoms with Crippen LogP contribution in [0.1, 0.15) is 58.8 Å². The topological polar surface area (TPSA) is 30.7 Å². The number of rotatable bonds is 2. The van der Waals surface area contributed by atoms with E-state index in [2.05, 4.69) is 67.5 Å². The Morgan fingerprint density at radius 1 is 1.00 bits per heavy atom. The quantitative estimate of drug-likeness (QED) is 0.596. The third-order valence-electron chi connectivity index (χ3n) is 3.76. The Labute approximate surface area is 140 Å². The molecule has 0 unspecified atom stereocenters. The van der Waals surface area contributed by atoms with E-state index in [1.54, 1.807) is 0 Å². The molecule has 3 heteroatoms. The molecular formula is C20H31N3. The highest BCUT2D eigenvalue weighted by Crippen LogP contribution is 2.24. The van der Waals surface area contributed by atoms with Crippen LogP contribution >= 0.6 is 0 Å². The number of aryl methyl sites for hydroxylation is 3. The highest BCUT2D eigenvalue weighted by molar-refractivity contribution is 6.02. The molecule has 3 aromatic rings. The van der Waals surface area contributed by atoms with Crippen molar-refractivity contribution in [2.24, 2.45) is 7.05 Å². The number of nitrogens with zero attached hydrogens (tertiary/aromatic N) is 3. The minimum atomic E-state index is 0.943. The summed E-state index contributed by atoms with van der Waals surface area (Å²) in [6.45, 7) is 12.6. The second-order valence-corrected chi connectivity index (χ2v) is 5.45. The standard InChI is InChI=1S/C14H15N3.C4H10.C2H6/c1-4-13-16-12-8-15-11-6-5-9(2)7-10(11)14(12)17(13)3;1-3-4-2;1-2/h5-8H,4H2,1-3H3;3-4H2,1-2H3;1-2H3. The summed E-state index contributed by atoms with van der Waals surface area (Å²) >= 11 is 0. The number of aromatic nitrogens is 3. The second-order valence-electron chi connectivity index (χ2n) is 5.45. The van der Waals surface area contributed by atoms with Gasteiger partial charge in [0.2, 0.25) is 0 Å². The molecule has 2 heterocycles. The Bertz CT molecular complexity index is 739. The van der Waals surface area contributed by atoms with E-state index in [-0.39, 0.29) is 0 Å². The highest BCUT2D eigenvalue weighted by Gasteiger charge is 2.10. The van der Waals surface area contributed by atoms with Gasteiger partial charge in [-0.2, -0.15) is 0 Å². The summed E-state index contributed by atoms with van der Waals surface area (Å²) in [4.78, 5) is 9.07. The van der Waals surface area contributed by atoms with Gasteiger partial charge in [-0.3, -0.25) is 4.98 Å². The first-order valence-electron chi connectivity index (χ1n) is 8.83. The maximum Gasteiger partial charge on any atom is 0.109 e. The molecule has 126 valence electrons. The molecule has 0 spiro atoms. The van der Waals surface area contributed by atoms with Crippen LogP contribution < -0.4 is 0 Å². The number of pyridine rings is 1. The van der Waals surface area contributed by atoms with E-state index in [0.29, 0.717) is 0 Å². The number of fused-ring (bicyclic) bond motifs is 3. The van der Waals surface area contributed by atoms with Gasteiger partial charge in [0.05, 0.1) is 17.2 Å². The number of imidazole rings is 1. The molecule has 2 aromatic heterocycles. The average Bonchev–Trinajstić information content (AvgIpc) is 2.93. The van der Waals surface area contributed by atoms with Crippen molar-refractivity contribution < 1.29 is 0 Å². The van der Waals surface area contributed by atoms with E-state index in [1.165, 1.54) is 29.3 Å². The average molecular weight is 313 g/mol. The van der Waals surface area contributed by atoms with Crippen LogP contribution in [0.5, 0.6) is 0 Å². The fraction of sp³-hybridized carbons (Fsp3) is 0.500. The maximum atomic E-state index is 4.61. The highest BCUT2D eigenvalue weighted by atomic mass is 15.1. The smallest absolute Gasteiger partial charge is 0.109 e. The van der Waals surface area contributed by atoms with Crippen molar-refractivity contribution >= 4 is 21.9 Å². The predicted octanol–water partition coefficient (Wildman–Crippen LogP) is 5.82. The van der Waals surface area contributed by atoms with E-state index in [0.717, 1.165) is 23.3 Å². The van der Waals surface area contributed by atoms with Gasteiger partial charge in [0.25, 0.3) is 0 Å². The Hall–Kier alpha value is -1.90. The molecule has 0 radical (unpaired) electrons. The summed E-state index contributed by atoms with van der Waals surface area (Å²) in [5.41, 5.74) is 4.47. The van der Waals surface area contributed by atoms with Crippen molar-refractivity contribution in [2.45, 2.75) is 60.8 Å². The second kappa shape index (κ2) is 9.29. The van der Waals surface area contributed by atoms with E-state index < -0.39 is 0 Å². The molecule has 0 saturated heterocycles. The maximum absolute atomic E-state index is 4.61. The number of benzene rings is 1. The molecule has 0 atom stereocenters. The third kappa shape index (κ3) is 4.31. The van der Waals surface area contributed by atoms with Crippen LogP contribution in [0.15, 0.2) is 24.4 Å². The molecule has 0 amide bonds. The van der Waals surface area contributed by atoms with Crippen molar-refractivity contribution in [3.63, 3.8) is 0 Å². The molecule has 3 rings (SSSR count). The molecule has 1 aromatic carbocycles. The summed E-state index contributed by atoms with van der Waals surface area (Å²) in [5.74, 6) is 1.11. The first-order chi connectivity index (χ1) is 11.1. The third-order valence-corrected chi connectivity index (χ3v) is 3.76. The summed E-state index contributed by atoms with van der Waals surface area (Å²) < 4.78 is 2.18. The molecule has 0 aliphatic rings. The van der Waals surface area contributed by atoms with Crippen LogP contribution in [-0.2, 0) is 13.5 Å². The van der Waals surface area contributed by atoms with E-state index >= 15 is 0 Å². The predicted molar refractivity (Wildman–Crippen MR) is 102 cm³/mol. The van der Waals surface area contributed by atoms with Crippen molar-refractivity contribution in [3.05, 3.63) is 35.8 Å². The minimum Gasteiger partial charge on any atom is -0.331 e. The zero-order chi connectivity index (χ0) is 17.4. The Balaban J connectivity index is 0.000000388. The SMILES string of the molecule is CC.CCCC.CCc1nc2cnc3ccc(C)cc3c2n1C. The molecule has 23 heavy (non-hydrogen) atoms. The molecule has 0 N–H and O–H groups in total. The Kier molecular flexibility index (Phi) is 7.73. The van der Waals surface area contributed by atoms with E-state index in [4.69, 9.17) is 0 Å². The zero-order valence-corrected chi connectivity index (χ0v) is 15.8. The molecule has 3 nitrogen and oxygen atoms in total. The fourth-order valence-electron chi connectivity index (χ4n) is 2.38. The normalized spacial score (nSPS) is 10.0. The van der Waals surface area contributed by atoms with Crippen LogP contribution in [0.2, 0.25) is 0 Å². The summed E-state index contributed by atoms with van der Waals surface area (Å²) in [6.07, 6.45) is 5.45. The van der Waals surface area contributed by atoms with Gasteiger partial charge in [-0.05, 0) is 19.1 Å². The first-order valence-corrected chi connectivity index (χ1v) is 8.83. The first kappa shape index (κ1) is 19.1. The van der Waals surface area contributed by atoms with Crippen LogP contribution in [0.3, 0.4) is 0 Å². The number of hydrogen-bond acceptors (Lipinski definition) is 2. The van der Waals surface area contributed by atoms with Gasteiger partial charge in [-0.15, -0.1) is 0 Å². The lowest BCUT2D eigenvalue weighted by molar-refractivity contribution is 0.830. The van der Waals surface area contributed by atoms with Crippen LogP contribution in [-0.4, -0.2) is 14.5 Å². The summed E-state index contributed by atoms with van der Waals surface area (Å²) in [5, 5.41) is 1.19. The van der Waals surface area contributed by atoms with Gasteiger partial charge in [-0.25, -0.2) is 4.98 Å². The van der Waals surface area contributed by atoms with E-state index in [9.17, 15) is 0 Å². The van der Waals surface area contributed by atoms with Gasteiger partial charge >= 0.3 is 0 Å². The van der Waals surface area contributed by atoms with Gasteiger partial charge in [0.15, 0.2) is 0 Å². The molecular weight excluding hydrogens is 282 g/mol. The van der Waals surface area contributed by atoms with E-state index in [1.807, 2.05) is 20.0 Å². The number of unbranched alkanes of at least 4 members (excludes halogenated alkanes) is 1. The zero-order valence-electron chi connectivity index (χ0n) is 15.8. The van der Waals surface area contributed by atoms with Crippen molar-refractivity contribution in [1.82, 2.24) is 14.5 Å². The minimum absolute atomic E-state index is 0.943. The number of hydrogen-bond donors (Lipinski definition) is 0. The molecule has 0 aliphatic carbocycles. The van der Waals surface area contributed by atoms with Crippen LogP contribution in [0.25, 0.3) is 21.9 Å². The van der Waals surface area contributed by atoms with Gasteiger partial charge in [0.1, 0.15) is 11.3 Å². The lowest BCUT2D eigenvalue weighted by Crippen LogP contribution is -1.95. The largest absolute Gasteiger partial charge is 0.331 e.